The van der Waals surface area contributed by atoms with Gasteiger partial charge in [-0.05, 0) is 25.5 Å². The van der Waals surface area contributed by atoms with Gasteiger partial charge in [-0.3, -0.25) is 9.78 Å². The molecular formula is C18H18N4O. The minimum absolute atomic E-state index is 0.0500. The van der Waals surface area contributed by atoms with Crippen LogP contribution in [0, 0.1) is 6.92 Å². The van der Waals surface area contributed by atoms with Crippen LogP contribution < -0.4 is 0 Å². The van der Waals surface area contributed by atoms with Crippen molar-refractivity contribution in [2.24, 2.45) is 0 Å². The molecule has 3 heterocycles. The van der Waals surface area contributed by atoms with Crippen LogP contribution in [0.1, 0.15) is 34.2 Å². The molecule has 0 radical (unpaired) electrons. The van der Waals surface area contributed by atoms with Crippen molar-refractivity contribution in [3.05, 3.63) is 59.8 Å². The molecule has 5 heteroatoms. The topological polar surface area (TPSA) is 61.9 Å². The lowest BCUT2D eigenvalue weighted by Gasteiger charge is -2.16. The molecule has 4 rings (SSSR count). The molecule has 1 unspecified atom stereocenters. The van der Waals surface area contributed by atoms with Crippen LogP contribution in [0.5, 0.6) is 0 Å². The maximum Gasteiger partial charge on any atom is 0.255 e. The average molecular weight is 306 g/mol. The van der Waals surface area contributed by atoms with Gasteiger partial charge in [0.2, 0.25) is 0 Å². The SMILES string of the molecule is Cc1cnc(C2CCN(C(=O)c3cnc4ccccc4c3)C2)[nH]1. The van der Waals surface area contributed by atoms with E-state index in [9.17, 15) is 4.79 Å². The van der Waals surface area contributed by atoms with E-state index in [0.29, 0.717) is 18.0 Å². The molecule has 0 spiro atoms. The lowest BCUT2D eigenvalue weighted by Crippen LogP contribution is -2.28. The van der Waals surface area contributed by atoms with Crippen molar-refractivity contribution < 1.29 is 4.79 Å². The minimum atomic E-state index is 0.0500. The van der Waals surface area contributed by atoms with Crippen molar-refractivity contribution in [3.8, 4) is 0 Å². The Labute approximate surface area is 134 Å². The van der Waals surface area contributed by atoms with E-state index in [-0.39, 0.29) is 5.91 Å². The van der Waals surface area contributed by atoms with E-state index < -0.39 is 0 Å². The highest BCUT2D eigenvalue weighted by atomic mass is 16.2. The van der Waals surface area contributed by atoms with Gasteiger partial charge < -0.3 is 9.88 Å². The fraction of sp³-hybridized carbons (Fsp3) is 0.278. The number of aryl methyl sites for hydroxylation is 1. The Morgan fingerprint density at radius 1 is 1.26 bits per heavy atom. The molecule has 5 nitrogen and oxygen atoms in total. The molecule has 1 aliphatic heterocycles. The number of aromatic amines is 1. The van der Waals surface area contributed by atoms with Gasteiger partial charge in [-0.1, -0.05) is 18.2 Å². The molecule has 116 valence electrons. The largest absolute Gasteiger partial charge is 0.346 e. The average Bonchev–Trinajstić information content (AvgIpc) is 3.22. The summed E-state index contributed by atoms with van der Waals surface area (Å²) in [5, 5.41) is 0.996. The molecule has 1 atom stereocenters. The number of carbonyl (C=O) groups is 1. The smallest absolute Gasteiger partial charge is 0.255 e. The lowest BCUT2D eigenvalue weighted by molar-refractivity contribution is 0.0790. The second-order valence-corrected chi connectivity index (χ2v) is 6.10. The van der Waals surface area contributed by atoms with Crippen LogP contribution in [0.2, 0.25) is 0 Å². The predicted octanol–water partition coefficient (Wildman–Crippen LogP) is 2.90. The molecule has 1 aromatic carbocycles. The molecule has 1 aliphatic rings. The van der Waals surface area contributed by atoms with E-state index in [0.717, 1.165) is 35.4 Å². The second-order valence-electron chi connectivity index (χ2n) is 6.10. The first-order valence-electron chi connectivity index (χ1n) is 7.86. The molecule has 0 aliphatic carbocycles. The van der Waals surface area contributed by atoms with Crippen LogP contribution in [0.15, 0.2) is 42.7 Å². The highest BCUT2D eigenvalue weighted by Gasteiger charge is 2.29. The third-order valence-electron chi connectivity index (χ3n) is 4.42. The van der Waals surface area contributed by atoms with Gasteiger partial charge in [0.05, 0.1) is 11.1 Å². The highest BCUT2D eigenvalue weighted by Crippen LogP contribution is 2.26. The number of carbonyl (C=O) groups excluding carboxylic acids is 1. The van der Waals surface area contributed by atoms with Crippen molar-refractivity contribution in [2.45, 2.75) is 19.3 Å². The van der Waals surface area contributed by atoms with E-state index in [1.165, 1.54) is 0 Å². The van der Waals surface area contributed by atoms with E-state index >= 15 is 0 Å². The zero-order valence-electron chi connectivity index (χ0n) is 13.0. The Morgan fingerprint density at radius 3 is 2.96 bits per heavy atom. The van der Waals surface area contributed by atoms with Crippen molar-refractivity contribution in [2.75, 3.05) is 13.1 Å². The molecule has 3 aromatic rings. The number of nitrogens with zero attached hydrogens (tertiary/aromatic N) is 3. The summed E-state index contributed by atoms with van der Waals surface area (Å²) in [5.41, 5.74) is 2.62. The quantitative estimate of drug-likeness (QED) is 0.792. The van der Waals surface area contributed by atoms with Crippen LogP contribution in [0.25, 0.3) is 10.9 Å². The first-order valence-corrected chi connectivity index (χ1v) is 7.86. The van der Waals surface area contributed by atoms with E-state index in [2.05, 4.69) is 15.0 Å². The van der Waals surface area contributed by atoms with Gasteiger partial charge in [0.1, 0.15) is 5.82 Å². The van der Waals surface area contributed by atoms with Gasteiger partial charge in [0.25, 0.3) is 5.91 Å². The van der Waals surface area contributed by atoms with E-state index in [1.807, 2.05) is 48.4 Å². The normalized spacial score (nSPS) is 17.8. The van der Waals surface area contributed by atoms with Crippen LogP contribution >= 0.6 is 0 Å². The van der Waals surface area contributed by atoms with Crippen LogP contribution in [0.4, 0.5) is 0 Å². The molecule has 1 N–H and O–H groups in total. The van der Waals surface area contributed by atoms with Gasteiger partial charge in [0, 0.05) is 42.5 Å². The van der Waals surface area contributed by atoms with Crippen molar-refractivity contribution >= 4 is 16.8 Å². The predicted molar refractivity (Wildman–Crippen MR) is 88.3 cm³/mol. The Bertz CT molecular complexity index is 870. The summed E-state index contributed by atoms with van der Waals surface area (Å²) in [6.45, 7) is 3.46. The number of H-pyrrole nitrogens is 1. The zero-order chi connectivity index (χ0) is 15.8. The van der Waals surface area contributed by atoms with Gasteiger partial charge in [-0.2, -0.15) is 0 Å². The molecule has 23 heavy (non-hydrogen) atoms. The minimum Gasteiger partial charge on any atom is -0.346 e. The summed E-state index contributed by atoms with van der Waals surface area (Å²) >= 11 is 0. The van der Waals surface area contributed by atoms with E-state index in [4.69, 9.17) is 0 Å². The Kier molecular flexibility index (Phi) is 3.33. The number of rotatable bonds is 2. The maximum atomic E-state index is 12.7. The molecule has 2 aromatic heterocycles. The third kappa shape index (κ3) is 2.59. The summed E-state index contributed by atoms with van der Waals surface area (Å²) in [6.07, 6.45) is 4.46. The number of imidazole rings is 1. The van der Waals surface area contributed by atoms with Gasteiger partial charge in [0.15, 0.2) is 0 Å². The summed E-state index contributed by atoms with van der Waals surface area (Å²) in [7, 11) is 0. The number of likely N-dealkylation sites (tertiary alicyclic amines) is 1. The summed E-state index contributed by atoms with van der Waals surface area (Å²) < 4.78 is 0. The first kappa shape index (κ1) is 13.9. The Morgan fingerprint density at radius 2 is 2.13 bits per heavy atom. The summed E-state index contributed by atoms with van der Waals surface area (Å²) in [6, 6.07) is 9.78. The van der Waals surface area contributed by atoms with Gasteiger partial charge in [-0.25, -0.2) is 4.98 Å². The maximum absolute atomic E-state index is 12.7. The number of para-hydroxylation sites is 1. The first-order chi connectivity index (χ1) is 11.2. The monoisotopic (exact) mass is 306 g/mol. The van der Waals surface area contributed by atoms with Gasteiger partial charge in [-0.15, -0.1) is 0 Å². The molecule has 1 fully saturated rings. The molecule has 0 bridgehead atoms. The Balaban J connectivity index is 1.54. The van der Waals surface area contributed by atoms with Crippen LogP contribution in [-0.4, -0.2) is 38.8 Å². The van der Waals surface area contributed by atoms with Crippen LogP contribution in [-0.2, 0) is 0 Å². The lowest BCUT2D eigenvalue weighted by atomic mass is 10.1. The molecule has 1 amide bonds. The zero-order valence-corrected chi connectivity index (χ0v) is 13.0. The van der Waals surface area contributed by atoms with Crippen molar-refractivity contribution in [3.63, 3.8) is 0 Å². The van der Waals surface area contributed by atoms with Crippen molar-refractivity contribution in [1.82, 2.24) is 19.9 Å². The number of fused-ring (bicyclic) bond motifs is 1. The molecule has 0 saturated carbocycles. The van der Waals surface area contributed by atoms with Gasteiger partial charge >= 0.3 is 0 Å². The van der Waals surface area contributed by atoms with Crippen molar-refractivity contribution in [1.29, 1.82) is 0 Å². The number of aromatic nitrogens is 3. The summed E-state index contributed by atoms with van der Waals surface area (Å²) in [4.78, 5) is 26.7. The number of amides is 1. The second kappa shape index (κ2) is 5.50. The van der Waals surface area contributed by atoms with Crippen LogP contribution in [0.3, 0.4) is 0 Å². The molecular weight excluding hydrogens is 288 g/mol. The fourth-order valence-electron chi connectivity index (χ4n) is 3.18. The standard InChI is InChI=1S/C18H18N4O/c1-12-9-20-17(21-12)14-6-7-22(11-14)18(23)15-8-13-4-2-3-5-16(13)19-10-15/h2-5,8-10,14H,6-7,11H2,1H3,(H,20,21). The summed E-state index contributed by atoms with van der Waals surface area (Å²) in [5.74, 6) is 1.32. The number of pyridine rings is 1. The number of nitrogens with one attached hydrogen (secondary N) is 1. The molecule has 1 saturated heterocycles. The fourth-order valence-corrected chi connectivity index (χ4v) is 3.18. The Hall–Kier alpha value is -2.69. The van der Waals surface area contributed by atoms with E-state index in [1.54, 1.807) is 6.20 Å². The third-order valence-corrected chi connectivity index (χ3v) is 4.42. The number of hydrogen-bond acceptors (Lipinski definition) is 3. The number of benzene rings is 1. The number of hydrogen-bond donors (Lipinski definition) is 1. The highest BCUT2D eigenvalue weighted by molar-refractivity contribution is 5.97.